The number of primary sulfonamides is 1. The summed E-state index contributed by atoms with van der Waals surface area (Å²) in [5.41, 5.74) is 0. The second kappa shape index (κ2) is 5.20. The zero-order valence-electron chi connectivity index (χ0n) is 11.8. The summed E-state index contributed by atoms with van der Waals surface area (Å²) in [7, 11) is -5.92. The van der Waals surface area contributed by atoms with Gasteiger partial charge in [0, 0.05) is 4.47 Å². The molecule has 1 rings (SSSR count). The Labute approximate surface area is 124 Å². The number of rotatable bonds is 3. The molecule has 1 aromatic rings. The monoisotopic (exact) mass is 365 g/mol. The largest absolute Gasteiger partial charge is 0.543 e. The molecule has 0 bridgehead atoms. The molecule has 0 heterocycles. The molecule has 0 saturated heterocycles. The molecule has 2 N–H and O–H groups in total. The van der Waals surface area contributed by atoms with Crippen molar-refractivity contribution in [1.82, 2.24) is 0 Å². The van der Waals surface area contributed by atoms with Crippen molar-refractivity contribution in [1.29, 1.82) is 0 Å². The van der Waals surface area contributed by atoms with Crippen molar-refractivity contribution in [2.75, 3.05) is 0 Å². The van der Waals surface area contributed by atoms with E-state index in [0.717, 1.165) is 0 Å². The number of sulfonamides is 1. The lowest BCUT2D eigenvalue weighted by Gasteiger charge is -2.36. The summed E-state index contributed by atoms with van der Waals surface area (Å²) in [6.07, 6.45) is 0. The molecule has 7 heteroatoms. The van der Waals surface area contributed by atoms with Gasteiger partial charge in [0.25, 0.3) is 8.32 Å². The molecule has 0 aliphatic carbocycles. The van der Waals surface area contributed by atoms with Gasteiger partial charge in [-0.25, -0.2) is 13.6 Å². The normalized spacial score (nSPS) is 13.4. The smallest absolute Gasteiger partial charge is 0.250 e. The molecule has 108 valence electrons. The van der Waals surface area contributed by atoms with Crippen LogP contribution in [-0.4, -0.2) is 16.7 Å². The van der Waals surface area contributed by atoms with Gasteiger partial charge < -0.3 is 4.43 Å². The lowest BCUT2D eigenvalue weighted by molar-refractivity contribution is 0.480. The molecule has 4 nitrogen and oxygen atoms in total. The predicted molar refractivity (Wildman–Crippen MR) is 83.3 cm³/mol. The third-order valence-corrected chi connectivity index (χ3v) is 9.15. The minimum Gasteiger partial charge on any atom is -0.543 e. The van der Waals surface area contributed by atoms with E-state index in [9.17, 15) is 8.42 Å². The molecule has 0 amide bonds. The van der Waals surface area contributed by atoms with Crippen LogP contribution in [0.2, 0.25) is 18.1 Å². The van der Waals surface area contributed by atoms with Crippen molar-refractivity contribution in [3.05, 3.63) is 22.7 Å². The highest BCUT2D eigenvalue weighted by Gasteiger charge is 2.39. The van der Waals surface area contributed by atoms with E-state index < -0.39 is 18.3 Å². The van der Waals surface area contributed by atoms with E-state index in [2.05, 4.69) is 49.8 Å². The number of nitrogens with two attached hydrogens (primary N) is 1. The van der Waals surface area contributed by atoms with Gasteiger partial charge in [-0.1, -0.05) is 36.7 Å². The zero-order valence-corrected chi connectivity index (χ0v) is 15.2. The number of hydrogen-bond donors (Lipinski definition) is 1. The standard InChI is InChI=1S/C12H20BrNO3SSi/c1-12(2,3)19(4,5)17-10-7-6-9(13)8-11(10)18(14,15)16/h6-8H,1-5H3,(H2,14,15,16). The van der Waals surface area contributed by atoms with Crippen LogP contribution in [0.15, 0.2) is 27.6 Å². The van der Waals surface area contributed by atoms with Gasteiger partial charge in [0.1, 0.15) is 10.6 Å². The van der Waals surface area contributed by atoms with Crippen LogP contribution in [0.25, 0.3) is 0 Å². The Hall–Kier alpha value is -0.373. The molecule has 1 aromatic carbocycles. The van der Waals surface area contributed by atoms with E-state index in [4.69, 9.17) is 9.56 Å². The lowest BCUT2D eigenvalue weighted by Crippen LogP contribution is -2.44. The summed E-state index contributed by atoms with van der Waals surface area (Å²) in [4.78, 5) is 0.0201. The first kappa shape index (κ1) is 16.7. The van der Waals surface area contributed by atoms with E-state index in [0.29, 0.717) is 10.2 Å². The van der Waals surface area contributed by atoms with Crippen molar-refractivity contribution < 1.29 is 12.8 Å². The maximum absolute atomic E-state index is 11.6. The average molecular weight is 366 g/mol. The van der Waals surface area contributed by atoms with Gasteiger partial charge in [-0.2, -0.15) is 0 Å². The molecular weight excluding hydrogens is 346 g/mol. The lowest BCUT2D eigenvalue weighted by atomic mass is 10.2. The molecular formula is C12H20BrNO3SSi. The van der Waals surface area contributed by atoms with Crippen molar-refractivity contribution in [2.45, 2.75) is 43.8 Å². The summed E-state index contributed by atoms with van der Waals surface area (Å²) in [6, 6.07) is 4.86. The van der Waals surface area contributed by atoms with Gasteiger partial charge in [-0.05, 0) is 36.3 Å². The number of benzene rings is 1. The number of halogens is 1. The van der Waals surface area contributed by atoms with Crippen molar-refractivity contribution in [2.24, 2.45) is 5.14 Å². The van der Waals surface area contributed by atoms with Crippen LogP contribution in [0.1, 0.15) is 20.8 Å². The van der Waals surface area contributed by atoms with Crippen LogP contribution in [-0.2, 0) is 10.0 Å². The number of hydrogen-bond acceptors (Lipinski definition) is 3. The Morgan fingerprint density at radius 2 is 1.79 bits per heavy atom. The van der Waals surface area contributed by atoms with Gasteiger partial charge >= 0.3 is 0 Å². The Morgan fingerprint density at radius 1 is 1.26 bits per heavy atom. The molecule has 0 aliphatic rings. The molecule has 0 atom stereocenters. The van der Waals surface area contributed by atoms with Crippen LogP contribution in [0.5, 0.6) is 5.75 Å². The summed E-state index contributed by atoms with van der Waals surface area (Å²) in [6.45, 7) is 10.4. The molecule has 0 spiro atoms. The molecule has 19 heavy (non-hydrogen) atoms. The second-order valence-corrected chi connectivity index (χ2v) is 13.2. The minimum absolute atomic E-state index is 0.0182. The summed E-state index contributed by atoms with van der Waals surface area (Å²) >= 11 is 3.24. The zero-order chi connectivity index (χ0) is 15.1. The summed E-state index contributed by atoms with van der Waals surface area (Å²) in [5, 5.41) is 5.22. The molecule has 0 aromatic heterocycles. The van der Waals surface area contributed by atoms with E-state index >= 15 is 0 Å². The second-order valence-electron chi connectivity index (χ2n) is 6.00. The maximum atomic E-state index is 11.6. The SMILES string of the molecule is CC(C)(C)[Si](C)(C)Oc1ccc(Br)cc1S(N)(=O)=O. The first-order chi connectivity index (χ1) is 8.34. The fraction of sp³-hybridized carbons (Fsp3) is 0.500. The van der Waals surface area contributed by atoms with Gasteiger partial charge in [-0.15, -0.1) is 0 Å². The minimum atomic E-state index is -3.81. The average Bonchev–Trinajstić information content (AvgIpc) is 2.17. The molecule has 0 unspecified atom stereocenters. The van der Waals surface area contributed by atoms with Crippen LogP contribution in [0.4, 0.5) is 0 Å². The Morgan fingerprint density at radius 3 is 2.21 bits per heavy atom. The fourth-order valence-electron chi connectivity index (χ4n) is 1.22. The topological polar surface area (TPSA) is 69.4 Å². The van der Waals surface area contributed by atoms with Crippen LogP contribution >= 0.6 is 15.9 Å². The summed E-state index contributed by atoms with van der Waals surface area (Å²) in [5.74, 6) is 0.331. The molecule has 0 saturated carbocycles. The predicted octanol–water partition coefficient (Wildman–Crippen LogP) is 3.48. The van der Waals surface area contributed by atoms with Crippen LogP contribution in [0, 0.1) is 0 Å². The van der Waals surface area contributed by atoms with Gasteiger partial charge in [0.2, 0.25) is 10.0 Å². The third-order valence-electron chi connectivity index (χ3n) is 3.38. The van der Waals surface area contributed by atoms with E-state index in [1.54, 1.807) is 12.1 Å². The van der Waals surface area contributed by atoms with Crippen molar-refractivity contribution in [3.8, 4) is 5.75 Å². The maximum Gasteiger partial charge on any atom is 0.250 e. The van der Waals surface area contributed by atoms with Gasteiger partial charge in [0.05, 0.1) is 0 Å². The quantitative estimate of drug-likeness (QED) is 0.833. The third kappa shape index (κ3) is 4.04. The summed E-state index contributed by atoms with van der Waals surface area (Å²) < 4.78 is 30.0. The first-order valence-electron chi connectivity index (χ1n) is 5.86. The highest BCUT2D eigenvalue weighted by molar-refractivity contribution is 9.10. The molecule has 0 aliphatic heterocycles. The van der Waals surface area contributed by atoms with E-state index in [-0.39, 0.29) is 9.93 Å². The Kier molecular flexibility index (Phi) is 4.56. The van der Waals surface area contributed by atoms with Crippen LogP contribution < -0.4 is 9.56 Å². The van der Waals surface area contributed by atoms with Crippen LogP contribution in [0.3, 0.4) is 0 Å². The van der Waals surface area contributed by atoms with Crippen molar-refractivity contribution >= 4 is 34.3 Å². The van der Waals surface area contributed by atoms with Gasteiger partial charge in [-0.3, -0.25) is 0 Å². The molecule has 0 radical (unpaired) electrons. The highest BCUT2D eigenvalue weighted by atomic mass is 79.9. The van der Waals surface area contributed by atoms with E-state index in [1.165, 1.54) is 6.07 Å². The highest BCUT2D eigenvalue weighted by Crippen LogP contribution is 2.39. The van der Waals surface area contributed by atoms with E-state index in [1.807, 2.05) is 0 Å². The van der Waals surface area contributed by atoms with Gasteiger partial charge in [0.15, 0.2) is 0 Å². The Balaban J connectivity index is 3.31. The Bertz CT molecular complexity index is 579. The first-order valence-corrected chi connectivity index (χ1v) is 11.1. The molecule has 0 fully saturated rings. The van der Waals surface area contributed by atoms with Crippen molar-refractivity contribution in [3.63, 3.8) is 0 Å². The fourth-order valence-corrected chi connectivity index (χ4v) is 3.52.